The molecule has 5 nitrogen and oxygen atoms in total. The Hall–Kier alpha value is -2.09. The lowest BCUT2D eigenvalue weighted by Crippen LogP contribution is -2.28. The zero-order valence-electron chi connectivity index (χ0n) is 14.9. The molecule has 0 saturated carbocycles. The Morgan fingerprint density at radius 1 is 1.18 bits per heavy atom. The van der Waals surface area contributed by atoms with E-state index in [1.165, 1.54) is 22.7 Å². The van der Waals surface area contributed by atoms with Crippen LogP contribution < -0.4 is 0 Å². The average molecular weight is 440 g/mol. The van der Waals surface area contributed by atoms with Crippen LogP contribution in [-0.2, 0) is 17.1 Å². The number of benzene rings is 2. The van der Waals surface area contributed by atoms with Crippen molar-refractivity contribution in [2.75, 3.05) is 12.8 Å². The van der Waals surface area contributed by atoms with E-state index >= 15 is 0 Å². The molecule has 9 heteroatoms. The van der Waals surface area contributed by atoms with E-state index < -0.39 is 0 Å². The van der Waals surface area contributed by atoms with Gasteiger partial charge in [0.05, 0.1) is 12.3 Å². The number of halogens is 3. The molecule has 0 unspecified atom stereocenters. The van der Waals surface area contributed by atoms with Gasteiger partial charge in [-0.1, -0.05) is 34.4 Å². The van der Waals surface area contributed by atoms with Crippen molar-refractivity contribution in [3.05, 3.63) is 69.8 Å². The Morgan fingerprint density at radius 2 is 1.89 bits per heavy atom. The number of carbonyl (C=O) groups is 1. The first-order valence-electron chi connectivity index (χ1n) is 8.26. The number of nitrogens with zero attached hydrogens (tertiary/aromatic N) is 3. The standard InChI is InChI=1S/C19H16Cl2FN3O2S/c1-25(18(26)11-28-10-13-4-7-15(21)8-16(13)22)9-17-23-19(24-27-17)12-2-5-14(20)6-3-12/h2-8H,9-11H2,1H3. The van der Waals surface area contributed by atoms with E-state index in [-0.39, 0.29) is 24.0 Å². The highest BCUT2D eigenvalue weighted by Crippen LogP contribution is 2.21. The number of rotatable bonds is 7. The van der Waals surface area contributed by atoms with E-state index in [1.807, 2.05) is 0 Å². The largest absolute Gasteiger partial charge is 0.337 e. The minimum atomic E-state index is -0.374. The highest BCUT2D eigenvalue weighted by molar-refractivity contribution is 7.99. The maximum atomic E-state index is 13.8. The van der Waals surface area contributed by atoms with Crippen molar-refractivity contribution < 1.29 is 13.7 Å². The molecule has 146 valence electrons. The molecule has 0 atom stereocenters. The van der Waals surface area contributed by atoms with Gasteiger partial charge >= 0.3 is 0 Å². The van der Waals surface area contributed by atoms with Crippen molar-refractivity contribution in [2.24, 2.45) is 0 Å². The Balaban J connectivity index is 1.51. The molecule has 0 bridgehead atoms. The molecule has 1 aromatic heterocycles. The first-order valence-corrected chi connectivity index (χ1v) is 10.2. The summed E-state index contributed by atoms with van der Waals surface area (Å²) in [6, 6.07) is 11.6. The van der Waals surface area contributed by atoms with Crippen molar-refractivity contribution in [3.63, 3.8) is 0 Å². The van der Waals surface area contributed by atoms with Gasteiger partial charge in [-0.15, -0.1) is 11.8 Å². The van der Waals surface area contributed by atoms with Gasteiger partial charge in [0.25, 0.3) is 0 Å². The topological polar surface area (TPSA) is 59.2 Å². The highest BCUT2D eigenvalue weighted by Gasteiger charge is 2.15. The Labute approximate surface area is 175 Å². The second-order valence-electron chi connectivity index (χ2n) is 6.00. The lowest BCUT2D eigenvalue weighted by Gasteiger charge is -2.14. The molecular formula is C19H16Cl2FN3O2S. The van der Waals surface area contributed by atoms with Crippen LogP contribution in [-0.4, -0.2) is 33.7 Å². The van der Waals surface area contributed by atoms with Crippen LogP contribution >= 0.6 is 35.0 Å². The zero-order chi connectivity index (χ0) is 20.1. The molecule has 0 aliphatic carbocycles. The first-order chi connectivity index (χ1) is 13.4. The quantitative estimate of drug-likeness (QED) is 0.513. The van der Waals surface area contributed by atoms with E-state index in [1.54, 1.807) is 43.4 Å². The zero-order valence-corrected chi connectivity index (χ0v) is 17.2. The summed E-state index contributed by atoms with van der Waals surface area (Å²) in [6.45, 7) is 0.190. The second-order valence-corrected chi connectivity index (χ2v) is 7.86. The van der Waals surface area contributed by atoms with E-state index in [4.69, 9.17) is 27.7 Å². The minimum Gasteiger partial charge on any atom is -0.337 e. The summed E-state index contributed by atoms with van der Waals surface area (Å²) in [7, 11) is 1.65. The van der Waals surface area contributed by atoms with Crippen molar-refractivity contribution in [1.29, 1.82) is 0 Å². The van der Waals surface area contributed by atoms with Crippen LogP contribution in [0.1, 0.15) is 11.5 Å². The molecule has 0 N–H and O–H groups in total. The van der Waals surface area contributed by atoms with Crippen molar-refractivity contribution in [2.45, 2.75) is 12.3 Å². The lowest BCUT2D eigenvalue weighted by atomic mass is 10.2. The fourth-order valence-corrected chi connectivity index (χ4v) is 3.56. The maximum Gasteiger partial charge on any atom is 0.246 e. The van der Waals surface area contributed by atoms with Gasteiger partial charge in [0.15, 0.2) is 0 Å². The Morgan fingerprint density at radius 3 is 2.61 bits per heavy atom. The molecule has 3 aromatic rings. The van der Waals surface area contributed by atoms with E-state index in [2.05, 4.69) is 10.1 Å². The SMILES string of the molecule is CN(Cc1nc(-c2ccc(Cl)cc2)no1)C(=O)CSCc1ccc(Cl)cc1F. The first kappa shape index (κ1) is 20.6. The molecule has 2 aromatic carbocycles. The summed E-state index contributed by atoms with van der Waals surface area (Å²) in [4.78, 5) is 18.1. The lowest BCUT2D eigenvalue weighted by molar-refractivity contribution is -0.127. The second kappa shape index (κ2) is 9.41. The van der Waals surface area contributed by atoms with Crippen LogP contribution in [0.3, 0.4) is 0 Å². The van der Waals surface area contributed by atoms with Gasteiger partial charge in [-0.05, 0) is 42.0 Å². The van der Waals surface area contributed by atoms with Gasteiger partial charge in [0, 0.05) is 28.4 Å². The van der Waals surface area contributed by atoms with Crippen LogP contribution in [0.2, 0.25) is 10.0 Å². The van der Waals surface area contributed by atoms with E-state index in [0.29, 0.717) is 33.1 Å². The monoisotopic (exact) mass is 439 g/mol. The third kappa shape index (κ3) is 5.47. The number of hydrogen-bond donors (Lipinski definition) is 0. The molecule has 0 spiro atoms. The molecule has 0 aliphatic rings. The van der Waals surface area contributed by atoms with Crippen molar-refractivity contribution in [3.8, 4) is 11.4 Å². The van der Waals surface area contributed by atoms with Gasteiger partial charge < -0.3 is 9.42 Å². The number of carbonyl (C=O) groups excluding carboxylic acids is 1. The fraction of sp³-hybridized carbons (Fsp3) is 0.211. The smallest absolute Gasteiger partial charge is 0.246 e. The maximum absolute atomic E-state index is 13.8. The third-order valence-corrected chi connectivity index (χ3v) is 5.32. The fourth-order valence-electron chi connectivity index (χ4n) is 2.32. The predicted molar refractivity (Wildman–Crippen MR) is 109 cm³/mol. The van der Waals surface area contributed by atoms with Crippen LogP contribution in [0.4, 0.5) is 4.39 Å². The van der Waals surface area contributed by atoms with Gasteiger partial charge in [0.1, 0.15) is 5.82 Å². The Kier molecular flexibility index (Phi) is 6.93. The summed E-state index contributed by atoms with van der Waals surface area (Å²) < 4.78 is 19.0. The number of amides is 1. The van der Waals surface area contributed by atoms with Crippen LogP contribution in [0.25, 0.3) is 11.4 Å². The summed E-state index contributed by atoms with van der Waals surface area (Å²) in [5.74, 6) is 0.849. The van der Waals surface area contributed by atoms with Crippen molar-refractivity contribution >= 4 is 40.9 Å². The van der Waals surface area contributed by atoms with Crippen LogP contribution in [0.5, 0.6) is 0 Å². The number of aromatic nitrogens is 2. The average Bonchev–Trinajstić information content (AvgIpc) is 3.12. The van der Waals surface area contributed by atoms with Gasteiger partial charge in [-0.2, -0.15) is 4.98 Å². The summed E-state index contributed by atoms with van der Waals surface area (Å²) >= 11 is 12.9. The highest BCUT2D eigenvalue weighted by atomic mass is 35.5. The molecule has 0 fully saturated rings. The molecule has 1 heterocycles. The van der Waals surface area contributed by atoms with Crippen LogP contribution in [0, 0.1) is 5.82 Å². The number of thioether (sulfide) groups is 1. The molecule has 0 aliphatic heterocycles. The molecule has 1 amide bonds. The summed E-state index contributed by atoms with van der Waals surface area (Å²) in [6.07, 6.45) is 0. The van der Waals surface area contributed by atoms with Gasteiger partial charge in [-0.3, -0.25) is 4.79 Å². The van der Waals surface area contributed by atoms with Crippen molar-refractivity contribution in [1.82, 2.24) is 15.0 Å². The molecule has 28 heavy (non-hydrogen) atoms. The normalized spacial score (nSPS) is 10.9. The molecule has 3 rings (SSSR count). The molecule has 0 saturated heterocycles. The molecular weight excluding hydrogens is 424 g/mol. The minimum absolute atomic E-state index is 0.120. The van der Waals surface area contributed by atoms with Gasteiger partial charge in [0.2, 0.25) is 17.6 Å². The predicted octanol–water partition coefficient (Wildman–Crippen LogP) is 5.07. The van der Waals surface area contributed by atoms with E-state index in [0.717, 1.165) is 5.56 Å². The van der Waals surface area contributed by atoms with E-state index in [9.17, 15) is 9.18 Å². The number of hydrogen-bond acceptors (Lipinski definition) is 5. The summed E-state index contributed by atoms with van der Waals surface area (Å²) in [5, 5.41) is 4.89. The Bertz CT molecular complexity index is 966. The third-order valence-electron chi connectivity index (χ3n) is 3.87. The summed E-state index contributed by atoms with van der Waals surface area (Å²) in [5.41, 5.74) is 1.28. The van der Waals surface area contributed by atoms with Crippen LogP contribution in [0.15, 0.2) is 47.0 Å². The molecule has 0 radical (unpaired) electrons. The van der Waals surface area contributed by atoms with Gasteiger partial charge in [-0.25, -0.2) is 4.39 Å².